The van der Waals surface area contributed by atoms with Gasteiger partial charge in [-0.1, -0.05) is 6.42 Å². The molecule has 1 saturated carbocycles. The van der Waals surface area contributed by atoms with Crippen LogP contribution in [0.25, 0.3) is 0 Å². The van der Waals surface area contributed by atoms with Crippen LogP contribution in [-0.2, 0) is 9.53 Å². The van der Waals surface area contributed by atoms with Crippen LogP contribution in [0.1, 0.15) is 39.0 Å². The molecule has 1 heterocycles. The Morgan fingerprint density at radius 2 is 2.00 bits per heavy atom. The Morgan fingerprint density at radius 1 is 1.33 bits per heavy atom. The summed E-state index contributed by atoms with van der Waals surface area (Å²) in [5, 5.41) is 12.3. The number of nitrogens with zero attached hydrogens (tertiary/aromatic N) is 1. The first-order valence-electron chi connectivity index (χ1n) is 7.76. The molecule has 0 aromatic heterocycles. The number of carboxylic acid groups (broad SMARTS) is 1. The predicted molar refractivity (Wildman–Crippen MR) is 78.1 cm³/mol. The molecule has 2 N–H and O–H groups in total. The second-order valence-corrected chi connectivity index (χ2v) is 6.55. The van der Waals surface area contributed by atoms with E-state index in [1.165, 1.54) is 0 Å². The first kappa shape index (κ1) is 16.1. The smallest absolute Gasteiger partial charge is 0.317 e. The highest BCUT2D eigenvalue weighted by molar-refractivity contribution is 5.79. The maximum Gasteiger partial charge on any atom is 0.317 e. The van der Waals surface area contributed by atoms with Crippen molar-refractivity contribution in [2.45, 2.75) is 45.1 Å². The summed E-state index contributed by atoms with van der Waals surface area (Å²) in [6.45, 7) is 3.96. The van der Waals surface area contributed by atoms with Crippen LogP contribution >= 0.6 is 0 Å². The fraction of sp³-hybridized carbons (Fsp3) is 0.867. The first-order chi connectivity index (χ1) is 9.93. The Balaban J connectivity index is 1.86. The number of carboxylic acids is 1. The highest BCUT2D eigenvalue weighted by Crippen LogP contribution is 2.38. The van der Waals surface area contributed by atoms with Gasteiger partial charge in [0.15, 0.2) is 0 Å². The van der Waals surface area contributed by atoms with Crippen LogP contribution in [0.4, 0.5) is 4.79 Å². The zero-order valence-corrected chi connectivity index (χ0v) is 12.9. The van der Waals surface area contributed by atoms with Crippen molar-refractivity contribution >= 4 is 12.0 Å². The van der Waals surface area contributed by atoms with Crippen molar-refractivity contribution < 1.29 is 19.4 Å². The van der Waals surface area contributed by atoms with Gasteiger partial charge >= 0.3 is 12.0 Å². The summed E-state index contributed by atoms with van der Waals surface area (Å²) in [5.41, 5.74) is -0.838. The first-order valence-corrected chi connectivity index (χ1v) is 7.76. The van der Waals surface area contributed by atoms with Crippen LogP contribution in [0.2, 0.25) is 0 Å². The Bertz CT molecular complexity index is 395. The summed E-state index contributed by atoms with van der Waals surface area (Å²) in [5.74, 6) is -0.346. The minimum absolute atomic E-state index is 0.166. The van der Waals surface area contributed by atoms with E-state index >= 15 is 0 Å². The number of nitrogens with one attached hydrogen (secondary N) is 1. The average Bonchev–Trinajstić information content (AvgIpc) is 2.82. The highest BCUT2D eigenvalue weighted by Gasteiger charge is 2.46. The van der Waals surface area contributed by atoms with Gasteiger partial charge in [0, 0.05) is 32.8 Å². The van der Waals surface area contributed by atoms with Crippen LogP contribution < -0.4 is 5.32 Å². The van der Waals surface area contributed by atoms with E-state index in [0.29, 0.717) is 18.9 Å². The van der Waals surface area contributed by atoms with E-state index in [-0.39, 0.29) is 12.1 Å². The lowest BCUT2D eigenvalue weighted by Crippen LogP contribution is -2.51. The molecule has 0 aromatic rings. The molecule has 6 nitrogen and oxygen atoms in total. The van der Waals surface area contributed by atoms with E-state index in [1.807, 2.05) is 0 Å². The molecule has 1 saturated heterocycles. The summed E-state index contributed by atoms with van der Waals surface area (Å²) < 4.78 is 5.32. The molecular formula is C15H26N2O4. The largest absolute Gasteiger partial charge is 0.481 e. The van der Waals surface area contributed by atoms with Crippen molar-refractivity contribution in [1.29, 1.82) is 0 Å². The van der Waals surface area contributed by atoms with E-state index in [1.54, 1.807) is 18.9 Å². The molecule has 2 aliphatic rings. The fourth-order valence-corrected chi connectivity index (χ4v) is 3.31. The van der Waals surface area contributed by atoms with Crippen molar-refractivity contribution in [2.24, 2.45) is 11.3 Å². The molecule has 1 aliphatic carbocycles. The van der Waals surface area contributed by atoms with E-state index in [4.69, 9.17) is 4.74 Å². The van der Waals surface area contributed by atoms with Gasteiger partial charge in [0.25, 0.3) is 0 Å². The van der Waals surface area contributed by atoms with Crippen LogP contribution in [0.15, 0.2) is 0 Å². The summed E-state index contributed by atoms with van der Waals surface area (Å²) >= 11 is 0. The quantitative estimate of drug-likeness (QED) is 0.828. The van der Waals surface area contributed by atoms with Gasteiger partial charge in [0.05, 0.1) is 5.41 Å². The van der Waals surface area contributed by atoms with Gasteiger partial charge in [-0.15, -0.1) is 0 Å². The van der Waals surface area contributed by atoms with Crippen molar-refractivity contribution in [3.63, 3.8) is 0 Å². The Kier molecular flexibility index (Phi) is 5.08. The number of amides is 2. The normalized spacial score (nSPS) is 30.1. The minimum Gasteiger partial charge on any atom is -0.481 e. The molecule has 2 unspecified atom stereocenters. The summed E-state index contributed by atoms with van der Waals surface area (Å²) in [7, 11) is 1.78. The SMILES string of the molecule is CN(CC1CCOCC1)C(=O)NC1CCCC1(C)C(=O)O. The zero-order valence-electron chi connectivity index (χ0n) is 12.9. The third-order valence-electron chi connectivity index (χ3n) is 4.96. The summed E-state index contributed by atoms with van der Waals surface area (Å²) in [6, 6.07) is -0.444. The molecule has 0 spiro atoms. The topological polar surface area (TPSA) is 78.9 Å². The standard InChI is InChI=1S/C15H26N2O4/c1-15(13(18)19)7-3-4-12(15)16-14(20)17(2)10-11-5-8-21-9-6-11/h11-12H,3-10H2,1-2H3,(H,16,20)(H,18,19). The van der Waals surface area contributed by atoms with E-state index in [0.717, 1.165) is 38.9 Å². The number of ether oxygens (including phenoxy) is 1. The summed E-state index contributed by atoms with van der Waals surface area (Å²) in [6.07, 6.45) is 4.16. The Morgan fingerprint density at radius 3 is 2.62 bits per heavy atom. The molecule has 0 aromatic carbocycles. The van der Waals surface area contributed by atoms with Crippen molar-refractivity contribution in [3.05, 3.63) is 0 Å². The van der Waals surface area contributed by atoms with Crippen LogP contribution in [0.5, 0.6) is 0 Å². The minimum atomic E-state index is -0.838. The molecule has 2 rings (SSSR count). The molecule has 6 heteroatoms. The third-order valence-corrected chi connectivity index (χ3v) is 4.96. The van der Waals surface area contributed by atoms with E-state index in [2.05, 4.69) is 5.32 Å². The molecule has 21 heavy (non-hydrogen) atoms. The number of rotatable bonds is 4. The van der Waals surface area contributed by atoms with Gasteiger partial charge in [-0.2, -0.15) is 0 Å². The lowest BCUT2D eigenvalue weighted by Gasteiger charge is -2.31. The van der Waals surface area contributed by atoms with Crippen molar-refractivity contribution in [1.82, 2.24) is 10.2 Å². The van der Waals surface area contributed by atoms with Gasteiger partial charge < -0.3 is 20.1 Å². The number of hydrogen-bond acceptors (Lipinski definition) is 3. The van der Waals surface area contributed by atoms with E-state index < -0.39 is 11.4 Å². The third kappa shape index (κ3) is 3.67. The number of carbonyl (C=O) groups is 2. The molecule has 2 atom stereocenters. The molecule has 0 bridgehead atoms. The van der Waals surface area contributed by atoms with Crippen LogP contribution in [0.3, 0.4) is 0 Å². The molecule has 1 aliphatic heterocycles. The van der Waals surface area contributed by atoms with Crippen LogP contribution in [0, 0.1) is 11.3 Å². The van der Waals surface area contributed by atoms with Gasteiger partial charge in [-0.3, -0.25) is 4.79 Å². The van der Waals surface area contributed by atoms with Crippen LogP contribution in [-0.4, -0.2) is 54.9 Å². The maximum atomic E-state index is 12.3. The maximum absolute atomic E-state index is 12.3. The number of hydrogen-bond donors (Lipinski definition) is 2. The molecule has 0 radical (unpaired) electrons. The summed E-state index contributed by atoms with van der Waals surface area (Å²) in [4.78, 5) is 25.4. The second-order valence-electron chi connectivity index (χ2n) is 6.55. The number of carbonyl (C=O) groups excluding carboxylic acids is 1. The predicted octanol–water partition coefficient (Wildman–Crippen LogP) is 1.70. The van der Waals surface area contributed by atoms with Crippen molar-refractivity contribution in [2.75, 3.05) is 26.8 Å². The monoisotopic (exact) mass is 298 g/mol. The zero-order chi connectivity index (χ0) is 15.5. The van der Waals surface area contributed by atoms with Gasteiger partial charge in [0.2, 0.25) is 0 Å². The highest BCUT2D eigenvalue weighted by atomic mass is 16.5. The number of aliphatic carboxylic acids is 1. The van der Waals surface area contributed by atoms with Crippen molar-refractivity contribution in [3.8, 4) is 0 Å². The van der Waals surface area contributed by atoms with Gasteiger partial charge in [-0.05, 0) is 38.5 Å². The molecule has 120 valence electrons. The lowest BCUT2D eigenvalue weighted by atomic mass is 9.85. The molecule has 2 amide bonds. The van der Waals surface area contributed by atoms with E-state index in [9.17, 15) is 14.7 Å². The lowest BCUT2D eigenvalue weighted by molar-refractivity contribution is -0.148. The Labute approximate surface area is 125 Å². The fourth-order valence-electron chi connectivity index (χ4n) is 3.31. The average molecular weight is 298 g/mol. The molecular weight excluding hydrogens is 272 g/mol. The molecule has 2 fully saturated rings. The second kappa shape index (κ2) is 6.64. The number of urea groups is 1. The van der Waals surface area contributed by atoms with Gasteiger partial charge in [-0.25, -0.2) is 4.79 Å². The van der Waals surface area contributed by atoms with Gasteiger partial charge in [0.1, 0.15) is 0 Å². The Hall–Kier alpha value is -1.30.